The molecular formula is C12H27NO2. The van der Waals surface area contributed by atoms with Crippen molar-refractivity contribution in [3.63, 3.8) is 0 Å². The van der Waals surface area contributed by atoms with E-state index in [2.05, 4.69) is 33.0 Å². The van der Waals surface area contributed by atoms with E-state index in [0.717, 1.165) is 13.2 Å². The van der Waals surface area contributed by atoms with Crippen LogP contribution in [0.15, 0.2) is 0 Å². The standard InChI is InChI=1S/C12H27NO2/c1-7-13-10(9-15-8-2)11(14-6)12(3,4)5/h10-11,13H,7-9H2,1-6H3. The van der Waals surface area contributed by atoms with Crippen molar-refractivity contribution in [2.45, 2.75) is 46.8 Å². The Hall–Kier alpha value is -0.120. The van der Waals surface area contributed by atoms with E-state index in [0.29, 0.717) is 6.61 Å². The zero-order chi connectivity index (χ0) is 11.9. The summed E-state index contributed by atoms with van der Waals surface area (Å²) < 4.78 is 11.1. The van der Waals surface area contributed by atoms with Gasteiger partial charge in [-0.05, 0) is 18.9 Å². The van der Waals surface area contributed by atoms with Crippen molar-refractivity contribution in [2.75, 3.05) is 26.9 Å². The van der Waals surface area contributed by atoms with E-state index in [9.17, 15) is 0 Å². The first-order chi connectivity index (χ1) is 6.97. The molecule has 92 valence electrons. The molecule has 3 heteroatoms. The minimum Gasteiger partial charge on any atom is -0.380 e. The molecule has 0 aromatic heterocycles. The Labute approximate surface area is 94.5 Å². The Balaban J connectivity index is 4.40. The van der Waals surface area contributed by atoms with Crippen LogP contribution in [0.5, 0.6) is 0 Å². The van der Waals surface area contributed by atoms with Crippen LogP contribution in [0.4, 0.5) is 0 Å². The van der Waals surface area contributed by atoms with Crippen molar-refractivity contribution in [1.82, 2.24) is 5.32 Å². The summed E-state index contributed by atoms with van der Waals surface area (Å²) in [6.45, 7) is 13.1. The number of likely N-dealkylation sites (N-methyl/N-ethyl adjacent to an activating group) is 1. The first-order valence-corrected chi connectivity index (χ1v) is 5.81. The molecule has 0 aliphatic carbocycles. The average molecular weight is 217 g/mol. The predicted octanol–water partition coefficient (Wildman–Crippen LogP) is 2.06. The molecule has 0 fully saturated rings. The third-order valence-corrected chi connectivity index (χ3v) is 2.44. The lowest BCUT2D eigenvalue weighted by atomic mass is 9.84. The van der Waals surface area contributed by atoms with Gasteiger partial charge in [0, 0.05) is 13.7 Å². The number of methoxy groups -OCH3 is 1. The van der Waals surface area contributed by atoms with Gasteiger partial charge in [-0.15, -0.1) is 0 Å². The summed E-state index contributed by atoms with van der Waals surface area (Å²) in [4.78, 5) is 0. The van der Waals surface area contributed by atoms with Crippen LogP contribution in [0, 0.1) is 5.41 Å². The van der Waals surface area contributed by atoms with Crippen LogP contribution in [-0.4, -0.2) is 39.0 Å². The van der Waals surface area contributed by atoms with Crippen LogP contribution >= 0.6 is 0 Å². The van der Waals surface area contributed by atoms with Crippen molar-refractivity contribution < 1.29 is 9.47 Å². The van der Waals surface area contributed by atoms with Gasteiger partial charge in [0.1, 0.15) is 0 Å². The zero-order valence-corrected chi connectivity index (χ0v) is 11.1. The van der Waals surface area contributed by atoms with E-state index in [-0.39, 0.29) is 17.6 Å². The van der Waals surface area contributed by atoms with E-state index in [1.165, 1.54) is 0 Å². The lowest BCUT2D eigenvalue weighted by Gasteiger charge is -2.36. The first kappa shape index (κ1) is 14.9. The molecule has 0 bridgehead atoms. The lowest BCUT2D eigenvalue weighted by molar-refractivity contribution is -0.0346. The minimum absolute atomic E-state index is 0.124. The summed E-state index contributed by atoms with van der Waals surface area (Å²) in [5, 5.41) is 3.42. The molecule has 2 unspecified atom stereocenters. The van der Waals surface area contributed by atoms with Crippen LogP contribution in [-0.2, 0) is 9.47 Å². The molecule has 0 saturated heterocycles. The fourth-order valence-electron chi connectivity index (χ4n) is 1.88. The third-order valence-electron chi connectivity index (χ3n) is 2.44. The van der Waals surface area contributed by atoms with E-state index in [1.54, 1.807) is 7.11 Å². The third kappa shape index (κ3) is 5.50. The summed E-state index contributed by atoms with van der Waals surface area (Å²) in [7, 11) is 1.77. The van der Waals surface area contributed by atoms with Gasteiger partial charge >= 0.3 is 0 Å². The van der Waals surface area contributed by atoms with Crippen molar-refractivity contribution in [2.24, 2.45) is 5.41 Å². The Morgan fingerprint density at radius 1 is 1.20 bits per heavy atom. The van der Waals surface area contributed by atoms with Gasteiger partial charge in [0.05, 0.1) is 18.8 Å². The molecule has 3 nitrogen and oxygen atoms in total. The number of rotatable bonds is 7. The molecule has 0 aromatic rings. The fraction of sp³-hybridized carbons (Fsp3) is 1.00. The molecule has 0 aliphatic rings. The van der Waals surface area contributed by atoms with Crippen LogP contribution in [0.1, 0.15) is 34.6 Å². The molecule has 0 rings (SSSR count). The summed E-state index contributed by atoms with van der Waals surface area (Å²) in [5.41, 5.74) is 0.124. The van der Waals surface area contributed by atoms with Crippen LogP contribution in [0.3, 0.4) is 0 Å². The number of hydrogen-bond donors (Lipinski definition) is 1. The maximum atomic E-state index is 5.58. The van der Waals surface area contributed by atoms with E-state index in [4.69, 9.17) is 9.47 Å². The molecule has 0 saturated carbocycles. The SMILES string of the molecule is CCNC(COCC)C(OC)C(C)(C)C. The zero-order valence-electron chi connectivity index (χ0n) is 11.1. The van der Waals surface area contributed by atoms with Gasteiger partial charge in [0.25, 0.3) is 0 Å². The number of nitrogens with one attached hydrogen (secondary N) is 1. The maximum absolute atomic E-state index is 5.58. The highest BCUT2D eigenvalue weighted by atomic mass is 16.5. The highest BCUT2D eigenvalue weighted by Gasteiger charge is 2.31. The monoisotopic (exact) mass is 217 g/mol. The van der Waals surface area contributed by atoms with E-state index < -0.39 is 0 Å². The van der Waals surface area contributed by atoms with Crippen LogP contribution < -0.4 is 5.32 Å². The van der Waals surface area contributed by atoms with Gasteiger partial charge in [-0.25, -0.2) is 0 Å². The highest BCUT2D eigenvalue weighted by Crippen LogP contribution is 2.24. The highest BCUT2D eigenvalue weighted by molar-refractivity contribution is 4.85. The molecule has 0 heterocycles. The second-order valence-corrected chi connectivity index (χ2v) is 4.85. The first-order valence-electron chi connectivity index (χ1n) is 5.81. The van der Waals surface area contributed by atoms with Crippen molar-refractivity contribution >= 4 is 0 Å². The molecular weight excluding hydrogens is 190 g/mol. The van der Waals surface area contributed by atoms with Gasteiger partial charge in [-0.2, -0.15) is 0 Å². The average Bonchev–Trinajstić information content (AvgIpc) is 2.13. The van der Waals surface area contributed by atoms with E-state index >= 15 is 0 Å². The largest absolute Gasteiger partial charge is 0.380 e. The normalized spacial score (nSPS) is 16.4. The topological polar surface area (TPSA) is 30.5 Å². The molecule has 0 radical (unpaired) electrons. The summed E-state index contributed by atoms with van der Waals surface area (Å²) in [6.07, 6.45) is 0.170. The Morgan fingerprint density at radius 3 is 2.13 bits per heavy atom. The predicted molar refractivity (Wildman–Crippen MR) is 64.2 cm³/mol. The van der Waals surface area contributed by atoms with Crippen LogP contribution in [0.25, 0.3) is 0 Å². The number of hydrogen-bond acceptors (Lipinski definition) is 3. The summed E-state index contributed by atoms with van der Waals surface area (Å²) in [6, 6.07) is 0.264. The number of ether oxygens (including phenoxy) is 2. The Bertz CT molecular complexity index is 154. The molecule has 0 aromatic carbocycles. The van der Waals surface area contributed by atoms with Crippen molar-refractivity contribution in [3.05, 3.63) is 0 Å². The minimum atomic E-state index is 0.124. The van der Waals surface area contributed by atoms with Crippen molar-refractivity contribution in [3.8, 4) is 0 Å². The second-order valence-electron chi connectivity index (χ2n) is 4.85. The summed E-state index contributed by atoms with van der Waals surface area (Å²) in [5.74, 6) is 0. The quantitative estimate of drug-likeness (QED) is 0.708. The summed E-state index contributed by atoms with van der Waals surface area (Å²) >= 11 is 0. The Kier molecular flexibility index (Phi) is 7.14. The smallest absolute Gasteiger partial charge is 0.0794 e. The van der Waals surface area contributed by atoms with Gasteiger partial charge < -0.3 is 14.8 Å². The van der Waals surface area contributed by atoms with Crippen molar-refractivity contribution in [1.29, 1.82) is 0 Å². The molecule has 0 aliphatic heterocycles. The Morgan fingerprint density at radius 2 is 1.80 bits per heavy atom. The molecule has 15 heavy (non-hydrogen) atoms. The van der Waals surface area contributed by atoms with Gasteiger partial charge in [0.2, 0.25) is 0 Å². The molecule has 2 atom stereocenters. The molecule has 1 N–H and O–H groups in total. The molecule has 0 amide bonds. The molecule has 0 spiro atoms. The fourth-order valence-corrected chi connectivity index (χ4v) is 1.88. The van der Waals surface area contributed by atoms with Gasteiger partial charge in [-0.3, -0.25) is 0 Å². The lowest BCUT2D eigenvalue weighted by Crippen LogP contribution is -2.50. The van der Waals surface area contributed by atoms with Gasteiger partial charge in [0.15, 0.2) is 0 Å². The second kappa shape index (κ2) is 7.20. The van der Waals surface area contributed by atoms with E-state index in [1.807, 2.05) is 6.92 Å². The van der Waals surface area contributed by atoms with Crippen LogP contribution in [0.2, 0.25) is 0 Å². The maximum Gasteiger partial charge on any atom is 0.0794 e. The van der Waals surface area contributed by atoms with Gasteiger partial charge in [-0.1, -0.05) is 27.7 Å².